The number of anilines is 2. The molecule has 7 heteroatoms. The molecule has 0 aromatic carbocycles. The molecule has 0 aliphatic carbocycles. The van der Waals surface area contributed by atoms with Crippen LogP contribution in [-0.2, 0) is 4.74 Å². The Balaban J connectivity index is 2.12. The molecule has 0 aliphatic rings. The fraction of sp³-hybridized carbons (Fsp3) is 0.500. The largest absolute Gasteiger partial charge is 0.382 e. The van der Waals surface area contributed by atoms with E-state index >= 15 is 0 Å². The van der Waals surface area contributed by atoms with Crippen molar-refractivity contribution in [1.82, 2.24) is 9.97 Å². The minimum atomic E-state index is -2.43. The van der Waals surface area contributed by atoms with E-state index in [0.29, 0.717) is 18.2 Å². The smallest absolute Gasteiger partial charge is 0.261 e. The van der Waals surface area contributed by atoms with Gasteiger partial charge in [-0.25, -0.2) is 18.7 Å². The number of halogens is 2. The van der Waals surface area contributed by atoms with Crippen LogP contribution in [0.1, 0.15) is 0 Å². The van der Waals surface area contributed by atoms with Crippen molar-refractivity contribution in [3.63, 3.8) is 0 Å². The van der Waals surface area contributed by atoms with Crippen LogP contribution < -0.4 is 11.1 Å². The Morgan fingerprint density at radius 3 is 2.80 bits per heavy atom. The SMILES string of the molecule is Nc1cnc(NCCOCC(F)F)cn1. The van der Waals surface area contributed by atoms with Gasteiger partial charge < -0.3 is 15.8 Å². The van der Waals surface area contributed by atoms with Crippen LogP contribution >= 0.6 is 0 Å². The van der Waals surface area contributed by atoms with Gasteiger partial charge in [-0.15, -0.1) is 0 Å². The van der Waals surface area contributed by atoms with E-state index in [9.17, 15) is 8.78 Å². The summed E-state index contributed by atoms with van der Waals surface area (Å²) < 4.78 is 28.0. The molecule has 0 atom stereocenters. The summed E-state index contributed by atoms with van der Waals surface area (Å²) in [6.07, 6.45) is 0.437. The van der Waals surface area contributed by atoms with Gasteiger partial charge in [-0.2, -0.15) is 0 Å². The molecule has 0 fully saturated rings. The van der Waals surface area contributed by atoms with E-state index in [1.54, 1.807) is 0 Å². The van der Waals surface area contributed by atoms with E-state index < -0.39 is 13.0 Å². The van der Waals surface area contributed by atoms with Gasteiger partial charge in [-0.3, -0.25) is 0 Å². The second-order valence-electron chi connectivity index (χ2n) is 2.72. The van der Waals surface area contributed by atoms with Crippen LogP contribution in [0.3, 0.4) is 0 Å². The highest BCUT2D eigenvalue weighted by atomic mass is 19.3. The average molecular weight is 218 g/mol. The molecule has 0 unspecified atom stereocenters. The third-order valence-electron chi connectivity index (χ3n) is 1.47. The van der Waals surface area contributed by atoms with Crippen LogP contribution in [0.2, 0.25) is 0 Å². The Bertz CT molecular complexity index is 280. The maximum absolute atomic E-state index is 11.6. The lowest BCUT2D eigenvalue weighted by Crippen LogP contribution is -2.13. The molecule has 0 aliphatic heterocycles. The number of nitrogens with zero attached hydrogens (tertiary/aromatic N) is 2. The van der Waals surface area contributed by atoms with Crippen LogP contribution in [0.4, 0.5) is 20.4 Å². The van der Waals surface area contributed by atoms with Gasteiger partial charge in [0.2, 0.25) is 0 Å². The van der Waals surface area contributed by atoms with Crippen molar-refractivity contribution in [3.8, 4) is 0 Å². The quantitative estimate of drug-likeness (QED) is 0.689. The van der Waals surface area contributed by atoms with Crippen molar-refractivity contribution in [2.75, 3.05) is 30.8 Å². The maximum atomic E-state index is 11.6. The lowest BCUT2D eigenvalue weighted by atomic mass is 10.6. The molecule has 0 saturated heterocycles. The molecule has 0 amide bonds. The monoisotopic (exact) mass is 218 g/mol. The normalized spacial score (nSPS) is 10.6. The van der Waals surface area contributed by atoms with E-state index in [1.807, 2.05) is 0 Å². The predicted molar refractivity (Wildman–Crippen MR) is 51.8 cm³/mol. The summed E-state index contributed by atoms with van der Waals surface area (Å²) in [6.45, 7) is 0.0385. The molecule has 1 aromatic heterocycles. The standard InChI is InChI=1S/C8H12F2N4O/c9-6(10)5-15-2-1-12-8-4-13-7(11)3-14-8/h3-4,6H,1-2,5H2,(H2,11,13)(H,12,14). The van der Waals surface area contributed by atoms with Crippen molar-refractivity contribution >= 4 is 11.6 Å². The first-order valence-electron chi connectivity index (χ1n) is 4.36. The van der Waals surface area contributed by atoms with E-state index in [4.69, 9.17) is 5.73 Å². The predicted octanol–water partition coefficient (Wildman–Crippen LogP) is 0.752. The highest BCUT2D eigenvalue weighted by molar-refractivity contribution is 5.35. The Kier molecular flexibility index (Phi) is 4.69. The highest BCUT2D eigenvalue weighted by Crippen LogP contribution is 2.00. The summed E-state index contributed by atoms with van der Waals surface area (Å²) in [6, 6.07) is 0. The summed E-state index contributed by atoms with van der Waals surface area (Å²) in [4.78, 5) is 7.71. The van der Waals surface area contributed by atoms with E-state index in [-0.39, 0.29) is 6.61 Å². The molecule has 15 heavy (non-hydrogen) atoms. The first kappa shape index (κ1) is 11.6. The van der Waals surface area contributed by atoms with Crippen molar-refractivity contribution in [2.24, 2.45) is 0 Å². The lowest BCUT2D eigenvalue weighted by Gasteiger charge is -2.05. The van der Waals surface area contributed by atoms with Crippen LogP contribution in [0.5, 0.6) is 0 Å². The average Bonchev–Trinajstić information content (AvgIpc) is 2.20. The number of ether oxygens (including phenoxy) is 1. The van der Waals surface area contributed by atoms with Gasteiger partial charge in [-0.1, -0.05) is 0 Å². The Morgan fingerprint density at radius 2 is 2.20 bits per heavy atom. The lowest BCUT2D eigenvalue weighted by molar-refractivity contribution is 0.0215. The van der Waals surface area contributed by atoms with Crippen molar-refractivity contribution in [1.29, 1.82) is 0 Å². The molecular weight excluding hydrogens is 206 g/mol. The van der Waals surface area contributed by atoms with Gasteiger partial charge in [0, 0.05) is 6.54 Å². The third kappa shape index (κ3) is 5.06. The zero-order valence-corrected chi connectivity index (χ0v) is 7.99. The molecule has 0 radical (unpaired) electrons. The fourth-order valence-corrected chi connectivity index (χ4v) is 0.853. The number of nitrogen functional groups attached to an aromatic ring is 1. The number of nitrogens with two attached hydrogens (primary N) is 1. The first-order chi connectivity index (χ1) is 7.18. The zero-order chi connectivity index (χ0) is 11.1. The number of nitrogens with one attached hydrogen (secondary N) is 1. The summed E-state index contributed by atoms with van der Waals surface area (Å²) >= 11 is 0. The third-order valence-corrected chi connectivity index (χ3v) is 1.47. The first-order valence-corrected chi connectivity index (χ1v) is 4.36. The van der Waals surface area contributed by atoms with Crippen LogP contribution in [0.25, 0.3) is 0 Å². The number of alkyl halides is 2. The van der Waals surface area contributed by atoms with E-state index in [1.165, 1.54) is 12.4 Å². The number of rotatable bonds is 6. The van der Waals surface area contributed by atoms with Crippen LogP contribution in [-0.4, -0.2) is 36.2 Å². The zero-order valence-electron chi connectivity index (χ0n) is 7.99. The summed E-state index contributed by atoms with van der Waals surface area (Å²) in [5.74, 6) is 0.861. The molecule has 0 bridgehead atoms. The summed E-state index contributed by atoms with van der Waals surface area (Å²) in [5, 5.41) is 2.85. The minimum absolute atomic E-state index is 0.191. The van der Waals surface area contributed by atoms with Crippen LogP contribution in [0.15, 0.2) is 12.4 Å². The molecule has 3 N–H and O–H groups in total. The minimum Gasteiger partial charge on any atom is -0.382 e. The van der Waals surface area contributed by atoms with Crippen molar-refractivity contribution in [3.05, 3.63) is 12.4 Å². The van der Waals surface area contributed by atoms with Crippen molar-refractivity contribution in [2.45, 2.75) is 6.43 Å². The fourth-order valence-electron chi connectivity index (χ4n) is 0.853. The van der Waals surface area contributed by atoms with E-state index in [0.717, 1.165) is 0 Å². The Morgan fingerprint density at radius 1 is 1.40 bits per heavy atom. The van der Waals surface area contributed by atoms with Gasteiger partial charge in [0.25, 0.3) is 6.43 Å². The van der Waals surface area contributed by atoms with Crippen LogP contribution in [0, 0.1) is 0 Å². The molecule has 0 saturated carbocycles. The second kappa shape index (κ2) is 6.07. The van der Waals surface area contributed by atoms with Crippen molar-refractivity contribution < 1.29 is 13.5 Å². The number of hydrogen-bond donors (Lipinski definition) is 2. The molecule has 1 heterocycles. The molecule has 0 spiro atoms. The highest BCUT2D eigenvalue weighted by Gasteiger charge is 2.01. The molecule has 5 nitrogen and oxygen atoms in total. The van der Waals surface area contributed by atoms with Gasteiger partial charge >= 0.3 is 0 Å². The van der Waals surface area contributed by atoms with E-state index in [2.05, 4.69) is 20.0 Å². The van der Waals surface area contributed by atoms with Gasteiger partial charge in [-0.05, 0) is 0 Å². The second-order valence-corrected chi connectivity index (χ2v) is 2.72. The molecular formula is C8H12F2N4O. The Labute approximate surface area is 85.7 Å². The maximum Gasteiger partial charge on any atom is 0.261 e. The van der Waals surface area contributed by atoms with Gasteiger partial charge in [0.1, 0.15) is 18.2 Å². The topological polar surface area (TPSA) is 73.1 Å². The number of hydrogen-bond acceptors (Lipinski definition) is 5. The summed E-state index contributed by atoms with van der Waals surface area (Å²) in [7, 11) is 0. The Hall–Kier alpha value is -1.50. The van der Waals surface area contributed by atoms with Gasteiger partial charge in [0.15, 0.2) is 0 Å². The number of aromatic nitrogens is 2. The molecule has 84 valence electrons. The molecule has 1 rings (SSSR count). The summed E-state index contributed by atoms with van der Waals surface area (Å²) in [5.41, 5.74) is 5.33. The molecule has 1 aromatic rings. The van der Waals surface area contributed by atoms with Gasteiger partial charge in [0.05, 0.1) is 19.0 Å².